The summed E-state index contributed by atoms with van der Waals surface area (Å²) in [4.78, 5) is 27.6. The standard InChI is InChI=1S/C28H24N2O6S2/c1-3-33-23-12-18(8-10-21(23)34-15-26(31)29-20-7-5-4-6-17(20)2)13-25-27(32)30(28(37)38-25)19-9-11-22-24(14-19)36-16-35-22/h4-14H,3,15-16H2,1-2H3,(H,29,31)/b25-13-. The molecule has 0 spiro atoms. The van der Waals surface area contributed by atoms with Gasteiger partial charge in [0.05, 0.1) is 17.2 Å². The monoisotopic (exact) mass is 548 g/mol. The summed E-state index contributed by atoms with van der Waals surface area (Å²) in [6.07, 6.45) is 1.75. The van der Waals surface area contributed by atoms with Crippen molar-refractivity contribution in [3.8, 4) is 23.0 Å². The predicted octanol–water partition coefficient (Wildman–Crippen LogP) is 5.55. The van der Waals surface area contributed by atoms with Gasteiger partial charge < -0.3 is 24.3 Å². The normalized spacial score (nSPS) is 15.2. The second kappa shape index (κ2) is 11.2. The highest BCUT2D eigenvalue weighted by molar-refractivity contribution is 8.27. The molecule has 0 aromatic heterocycles. The van der Waals surface area contributed by atoms with Gasteiger partial charge in [-0.1, -0.05) is 48.2 Å². The van der Waals surface area contributed by atoms with E-state index in [-0.39, 0.29) is 25.2 Å². The fourth-order valence-corrected chi connectivity index (χ4v) is 5.21. The van der Waals surface area contributed by atoms with Crippen LogP contribution in [0.1, 0.15) is 18.1 Å². The first-order valence-corrected chi connectivity index (χ1v) is 13.1. The van der Waals surface area contributed by atoms with Crippen molar-refractivity contribution in [2.45, 2.75) is 13.8 Å². The van der Waals surface area contributed by atoms with Crippen LogP contribution in [0.25, 0.3) is 6.08 Å². The van der Waals surface area contributed by atoms with Crippen molar-refractivity contribution in [1.82, 2.24) is 0 Å². The van der Waals surface area contributed by atoms with Gasteiger partial charge in [0.25, 0.3) is 11.8 Å². The van der Waals surface area contributed by atoms with Gasteiger partial charge in [-0.05, 0) is 61.4 Å². The van der Waals surface area contributed by atoms with Crippen LogP contribution in [0.15, 0.2) is 65.6 Å². The smallest absolute Gasteiger partial charge is 0.270 e. The van der Waals surface area contributed by atoms with E-state index in [1.54, 1.807) is 42.5 Å². The Balaban J connectivity index is 1.30. The summed E-state index contributed by atoms with van der Waals surface area (Å²) >= 11 is 6.71. The molecule has 0 unspecified atom stereocenters. The maximum absolute atomic E-state index is 13.2. The summed E-state index contributed by atoms with van der Waals surface area (Å²) in [5, 5.41) is 2.85. The van der Waals surface area contributed by atoms with Crippen LogP contribution in [-0.2, 0) is 9.59 Å². The lowest BCUT2D eigenvalue weighted by Crippen LogP contribution is -2.27. The van der Waals surface area contributed by atoms with Crippen molar-refractivity contribution in [2.24, 2.45) is 0 Å². The van der Waals surface area contributed by atoms with Crippen LogP contribution < -0.4 is 29.2 Å². The number of hydrogen-bond acceptors (Lipinski definition) is 8. The summed E-state index contributed by atoms with van der Waals surface area (Å²) in [5.74, 6) is 1.59. The largest absolute Gasteiger partial charge is 0.490 e. The van der Waals surface area contributed by atoms with Gasteiger partial charge in [0.2, 0.25) is 6.79 Å². The summed E-state index contributed by atoms with van der Waals surface area (Å²) in [6.45, 7) is 4.16. The van der Waals surface area contributed by atoms with Crippen molar-refractivity contribution in [3.05, 3.63) is 76.7 Å². The molecule has 3 aromatic rings. The highest BCUT2D eigenvalue weighted by Crippen LogP contribution is 2.41. The first-order chi connectivity index (χ1) is 18.4. The van der Waals surface area contributed by atoms with Crippen molar-refractivity contribution in [3.63, 3.8) is 0 Å². The fraction of sp³-hybridized carbons (Fsp3) is 0.179. The van der Waals surface area contributed by atoms with Crippen LogP contribution >= 0.6 is 24.0 Å². The van der Waals surface area contributed by atoms with Gasteiger partial charge in [-0.15, -0.1) is 0 Å². The van der Waals surface area contributed by atoms with E-state index in [1.165, 1.54) is 16.7 Å². The molecule has 38 heavy (non-hydrogen) atoms. The number of aryl methyl sites for hydroxylation is 1. The maximum atomic E-state index is 13.2. The van der Waals surface area contributed by atoms with E-state index in [1.807, 2.05) is 38.1 Å². The zero-order valence-electron chi connectivity index (χ0n) is 20.7. The molecule has 2 amide bonds. The summed E-state index contributed by atoms with van der Waals surface area (Å²) in [5.41, 5.74) is 3.04. The molecule has 0 bridgehead atoms. The second-order valence-electron chi connectivity index (χ2n) is 8.35. The Morgan fingerprint density at radius 3 is 2.71 bits per heavy atom. The van der Waals surface area contributed by atoms with E-state index in [0.717, 1.165) is 16.8 Å². The van der Waals surface area contributed by atoms with Crippen molar-refractivity contribution >= 4 is 57.6 Å². The number of hydrogen-bond donors (Lipinski definition) is 1. The average molecular weight is 549 g/mol. The lowest BCUT2D eigenvalue weighted by Gasteiger charge is -2.15. The molecule has 194 valence electrons. The van der Waals surface area contributed by atoms with E-state index in [0.29, 0.717) is 44.5 Å². The number of amides is 2. The number of rotatable bonds is 8. The molecule has 0 saturated carbocycles. The van der Waals surface area contributed by atoms with E-state index in [2.05, 4.69) is 5.32 Å². The first-order valence-electron chi connectivity index (χ1n) is 11.9. The molecular formula is C28H24N2O6S2. The molecule has 0 radical (unpaired) electrons. The van der Waals surface area contributed by atoms with Gasteiger partial charge >= 0.3 is 0 Å². The minimum Gasteiger partial charge on any atom is -0.490 e. The molecule has 1 N–H and O–H groups in total. The predicted molar refractivity (Wildman–Crippen MR) is 151 cm³/mol. The van der Waals surface area contributed by atoms with Gasteiger partial charge in [0.15, 0.2) is 33.9 Å². The number of para-hydroxylation sites is 1. The van der Waals surface area contributed by atoms with Crippen LogP contribution in [-0.4, -0.2) is 36.1 Å². The fourth-order valence-electron chi connectivity index (χ4n) is 3.91. The third-order valence-electron chi connectivity index (χ3n) is 5.75. The van der Waals surface area contributed by atoms with Gasteiger partial charge in [-0.25, -0.2) is 0 Å². The van der Waals surface area contributed by atoms with Gasteiger partial charge in [0.1, 0.15) is 0 Å². The topological polar surface area (TPSA) is 86.3 Å². The molecule has 0 aliphatic carbocycles. The van der Waals surface area contributed by atoms with Gasteiger partial charge in [-0.3, -0.25) is 14.5 Å². The molecule has 5 rings (SSSR count). The molecule has 3 aromatic carbocycles. The van der Waals surface area contributed by atoms with Crippen LogP contribution in [0.4, 0.5) is 11.4 Å². The third kappa shape index (κ3) is 5.46. The molecule has 1 fully saturated rings. The van der Waals surface area contributed by atoms with Crippen molar-refractivity contribution < 1.29 is 28.5 Å². The Labute approximate surface area is 229 Å². The number of anilines is 2. The highest BCUT2D eigenvalue weighted by Gasteiger charge is 2.34. The number of thioether (sulfide) groups is 1. The Morgan fingerprint density at radius 1 is 1.08 bits per heavy atom. The molecule has 8 nitrogen and oxygen atoms in total. The minimum atomic E-state index is -0.280. The third-order valence-corrected chi connectivity index (χ3v) is 7.05. The summed E-state index contributed by atoms with van der Waals surface area (Å²) in [7, 11) is 0. The number of ether oxygens (including phenoxy) is 4. The molecule has 10 heteroatoms. The molecule has 2 aliphatic heterocycles. The van der Waals surface area contributed by atoms with Crippen LogP contribution in [0.5, 0.6) is 23.0 Å². The molecular weight excluding hydrogens is 524 g/mol. The van der Waals surface area contributed by atoms with E-state index < -0.39 is 0 Å². The van der Waals surface area contributed by atoms with Crippen molar-refractivity contribution in [2.75, 3.05) is 30.2 Å². The highest BCUT2D eigenvalue weighted by atomic mass is 32.2. The number of benzene rings is 3. The summed E-state index contributed by atoms with van der Waals surface area (Å²) < 4.78 is 22.7. The Bertz CT molecular complexity index is 1460. The Hall–Kier alpha value is -4.02. The number of thiocarbonyl (C=S) groups is 1. The minimum absolute atomic E-state index is 0.149. The van der Waals surface area contributed by atoms with Crippen LogP contribution in [0.2, 0.25) is 0 Å². The molecule has 0 atom stereocenters. The zero-order chi connectivity index (χ0) is 26.6. The van der Waals surface area contributed by atoms with E-state index in [9.17, 15) is 9.59 Å². The zero-order valence-corrected chi connectivity index (χ0v) is 22.3. The van der Waals surface area contributed by atoms with E-state index in [4.69, 9.17) is 31.2 Å². The molecule has 2 heterocycles. The number of fused-ring (bicyclic) bond motifs is 1. The SMILES string of the molecule is CCOc1cc(/C=C2\SC(=S)N(c3ccc4c(c3)OCO4)C2=O)ccc1OCC(=O)Nc1ccccc1C. The van der Waals surface area contributed by atoms with Crippen LogP contribution in [0, 0.1) is 6.92 Å². The van der Waals surface area contributed by atoms with E-state index >= 15 is 0 Å². The Kier molecular flexibility index (Phi) is 7.52. The van der Waals surface area contributed by atoms with Gasteiger partial charge in [-0.2, -0.15) is 0 Å². The Morgan fingerprint density at radius 2 is 1.89 bits per heavy atom. The second-order valence-corrected chi connectivity index (χ2v) is 10.0. The number of carbonyl (C=O) groups is 2. The quantitative estimate of drug-likeness (QED) is 0.290. The van der Waals surface area contributed by atoms with Crippen molar-refractivity contribution in [1.29, 1.82) is 0 Å². The van der Waals surface area contributed by atoms with Crippen LogP contribution in [0.3, 0.4) is 0 Å². The lowest BCUT2D eigenvalue weighted by atomic mass is 10.1. The number of nitrogens with zero attached hydrogens (tertiary/aromatic N) is 1. The molecule has 1 saturated heterocycles. The average Bonchev–Trinajstić information content (AvgIpc) is 3.48. The first kappa shape index (κ1) is 25.6. The lowest BCUT2D eigenvalue weighted by molar-refractivity contribution is -0.118. The van der Waals surface area contributed by atoms with Gasteiger partial charge in [0, 0.05) is 11.8 Å². The maximum Gasteiger partial charge on any atom is 0.270 e. The summed E-state index contributed by atoms with van der Waals surface area (Å²) in [6, 6.07) is 18.1. The number of nitrogens with one attached hydrogen (secondary N) is 1. The number of carbonyl (C=O) groups excluding carboxylic acids is 2. The molecule has 2 aliphatic rings.